The number of piperidine rings is 1. The van der Waals surface area contributed by atoms with Crippen molar-refractivity contribution >= 4 is 5.91 Å². The van der Waals surface area contributed by atoms with Crippen LogP contribution < -0.4 is 4.74 Å². The van der Waals surface area contributed by atoms with E-state index in [1.807, 2.05) is 18.2 Å². The molecule has 1 saturated heterocycles. The smallest absolute Gasteiger partial charge is 0.253 e. The van der Waals surface area contributed by atoms with Crippen LogP contribution in [0, 0.1) is 5.92 Å². The van der Waals surface area contributed by atoms with Crippen LogP contribution in [-0.4, -0.2) is 66.8 Å². The Morgan fingerprint density at radius 3 is 2.80 bits per heavy atom. The zero-order valence-electron chi connectivity index (χ0n) is 16.0. The monoisotopic (exact) mass is 348 g/mol. The van der Waals surface area contributed by atoms with Gasteiger partial charge in [0.25, 0.3) is 5.91 Å². The van der Waals surface area contributed by atoms with Gasteiger partial charge in [-0.1, -0.05) is 18.2 Å². The number of carbonyl (C=O) groups excluding carboxylic acids is 1. The lowest BCUT2D eigenvalue weighted by molar-refractivity contribution is -0.147. The zero-order valence-corrected chi connectivity index (χ0v) is 16.0. The molecule has 1 N–H and O–H groups in total. The second-order valence-corrected chi connectivity index (χ2v) is 7.62. The van der Waals surface area contributed by atoms with Gasteiger partial charge < -0.3 is 19.6 Å². The molecule has 1 amide bonds. The van der Waals surface area contributed by atoms with Gasteiger partial charge in [0.15, 0.2) is 0 Å². The highest BCUT2D eigenvalue weighted by Crippen LogP contribution is 2.21. The molecule has 1 aromatic carbocycles. The van der Waals surface area contributed by atoms with E-state index in [4.69, 9.17) is 4.74 Å². The maximum atomic E-state index is 12.1. The number of nitrogens with zero attached hydrogens (tertiary/aromatic N) is 2. The molecular weight excluding hydrogens is 316 g/mol. The van der Waals surface area contributed by atoms with Gasteiger partial charge in [0.1, 0.15) is 11.4 Å². The number of para-hydroxylation sites is 1. The van der Waals surface area contributed by atoms with Crippen molar-refractivity contribution in [2.45, 2.75) is 38.7 Å². The predicted molar refractivity (Wildman–Crippen MR) is 99.8 cm³/mol. The fraction of sp³-hybridized carbons (Fsp3) is 0.650. The maximum absolute atomic E-state index is 12.1. The largest absolute Gasteiger partial charge is 0.496 e. The maximum Gasteiger partial charge on any atom is 0.253 e. The molecule has 1 atom stereocenters. The summed E-state index contributed by atoms with van der Waals surface area (Å²) in [5.41, 5.74) is -0.0612. The van der Waals surface area contributed by atoms with Gasteiger partial charge in [-0.3, -0.25) is 4.79 Å². The molecule has 25 heavy (non-hydrogen) atoms. The number of methoxy groups -OCH3 is 1. The molecule has 0 aromatic heterocycles. The molecule has 1 aliphatic heterocycles. The number of aliphatic hydroxyl groups is 1. The Morgan fingerprint density at radius 2 is 2.12 bits per heavy atom. The summed E-state index contributed by atoms with van der Waals surface area (Å²) in [6, 6.07) is 8.17. The van der Waals surface area contributed by atoms with Crippen LogP contribution in [0.2, 0.25) is 0 Å². The number of carbonyl (C=O) groups is 1. The van der Waals surface area contributed by atoms with E-state index in [1.54, 1.807) is 32.9 Å². The Kier molecular flexibility index (Phi) is 6.85. The van der Waals surface area contributed by atoms with E-state index in [0.29, 0.717) is 12.5 Å². The van der Waals surface area contributed by atoms with Crippen LogP contribution in [0.1, 0.15) is 32.3 Å². The minimum Gasteiger partial charge on any atom is -0.496 e. The number of hydrogen-bond acceptors (Lipinski definition) is 4. The van der Waals surface area contributed by atoms with Crippen LogP contribution in [0.15, 0.2) is 24.3 Å². The topological polar surface area (TPSA) is 53.0 Å². The highest BCUT2D eigenvalue weighted by Gasteiger charge is 2.29. The summed E-state index contributed by atoms with van der Waals surface area (Å²) in [6.07, 6.45) is 3.25. The Hall–Kier alpha value is -1.59. The van der Waals surface area contributed by atoms with Gasteiger partial charge in [-0.2, -0.15) is 0 Å². The van der Waals surface area contributed by atoms with E-state index >= 15 is 0 Å². The van der Waals surface area contributed by atoms with Gasteiger partial charge in [-0.05, 0) is 57.2 Å². The quantitative estimate of drug-likeness (QED) is 0.821. The van der Waals surface area contributed by atoms with Crippen LogP contribution >= 0.6 is 0 Å². The van der Waals surface area contributed by atoms with E-state index < -0.39 is 5.60 Å². The van der Waals surface area contributed by atoms with Crippen LogP contribution in [-0.2, 0) is 11.2 Å². The average molecular weight is 348 g/mol. The van der Waals surface area contributed by atoms with Gasteiger partial charge in [0.2, 0.25) is 0 Å². The zero-order chi connectivity index (χ0) is 18.4. The predicted octanol–water partition coefficient (Wildman–Crippen LogP) is 2.18. The van der Waals surface area contributed by atoms with Crippen molar-refractivity contribution in [2.24, 2.45) is 5.92 Å². The van der Waals surface area contributed by atoms with Gasteiger partial charge in [0.05, 0.1) is 7.11 Å². The summed E-state index contributed by atoms with van der Waals surface area (Å²) in [7, 11) is 3.50. The number of amides is 1. The van der Waals surface area contributed by atoms with Crippen LogP contribution in [0.25, 0.3) is 0 Å². The van der Waals surface area contributed by atoms with E-state index in [9.17, 15) is 9.90 Å². The molecule has 1 heterocycles. The summed E-state index contributed by atoms with van der Waals surface area (Å²) in [6.45, 7) is 6.90. The molecule has 1 unspecified atom stereocenters. The molecule has 0 spiro atoms. The fourth-order valence-electron chi connectivity index (χ4n) is 3.63. The standard InChI is InChI=1S/C20H32N2O3/c1-20(2,24)19(23)21(3)14-16-8-7-12-22(15-16)13-11-17-9-5-6-10-18(17)25-4/h5-6,9-10,16,24H,7-8,11-15H2,1-4H3. The van der Waals surface area contributed by atoms with Crippen LogP contribution in [0.4, 0.5) is 0 Å². The van der Waals surface area contributed by atoms with Crippen molar-refractivity contribution in [1.82, 2.24) is 9.80 Å². The minimum atomic E-state index is -1.30. The second-order valence-electron chi connectivity index (χ2n) is 7.62. The Labute approximate surface area is 151 Å². The lowest BCUT2D eigenvalue weighted by Crippen LogP contribution is -2.47. The molecule has 1 aromatic rings. The van der Waals surface area contributed by atoms with Crippen LogP contribution in [0.5, 0.6) is 5.75 Å². The van der Waals surface area contributed by atoms with Gasteiger partial charge in [-0.15, -0.1) is 0 Å². The lowest BCUT2D eigenvalue weighted by Gasteiger charge is -2.36. The van der Waals surface area contributed by atoms with E-state index in [2.05, 4.69) is 11.0 Å². The average Bonchev–Trinajstić information content (AvgIpc) is 2.59. The SMILES string of the molecule is COc1ccccc1CCN1CCCC(CN(C)C(=O)C(C)(C)O)C1. The molecule has 140 valence electrons. The van der Waals surface area contributed by atoms with E-state index in [0.717, 1.165) is 44.6 Å². The van der Waals surface area contributed by atoms with Crippen molar-refractivity contribution in [3.05, 3.63) is 29.8 Å². The normalized spacial score (nSPS) is 18.8. The third-order valence-corrected chi connectivity index (χ3v) is 4.90. The summed E-state index contributed by atoms with van der Waals surface area (Å²) >= 11 is 0. The number of likely N-dealkylation sites (N-methyl/N-ethyl adjacent to an activating group) is 1. The highest BCUT2D eigenvalue weighted by molar-refractivity contribution is 5.83. The Morgan fingerprint density at radius 1 is 1.40 bits per heavy atom. The van der Waals surface area contributed by atoms with E-state index in [1.165, 1.54) is 5.56 Å². The highest BCUT2D eigenvalue weighted by atomic mass is 16.5. The first-order chi connectivity index (χ1) is 11.8. The first kappa shape index (κ1) is 19.7. The van der Waals surface area contributed by atoms with Crippen molar-refractivity contribution < 1.29 is 14.6 Å². The van der Waals surface area contributed by atoms with Crippen molar-refractivity contribution in [3.63, 3.8) is 0 Å². The molecule has 1 fully saturated rings. The number of likely N-dealkylation sites (tertiary alicyclic amines) is 1. The fourth-order valence-corrected chi connectivity index (χ4v) is 3.63. The number of ether oxygens (including phenoxy) is 1. The van der Waals surface area contributed by atoms with Crippen LogP contribution in [0.3, 0.4) is 0 Å². The summed E-state index contributed by atoms with van der Waals surface area (Å²) in [4.78, 5) is 16.3. The minimum absolute atomic E-state index is 0.210. The molecule has 0 saturated carbocycles. The molecular formula is C20H32N2O3. The summed E-state index contributed by atoms with van der Waals surface area (Å²) < 4.78 is 5.43. The van der Waals surface area contributed by atoms with Crippen molar-refractivity contribution in [3.8, 4) is 5.75 Å². The molecule has 2 rings (SSSR count). The summed E-state index contributed by atoms with van der Waals surface area (Å²) in [5, 5.41) is 9.88. The van der Waals surface area contributed by atoms with Gasteiger partial charge >= 0.3 is 0 Å². The van der Waals surface area contributed by atoms with Gasteiger partial charge in [0, 0.05) is 26.7 Å². The van der Waals surface area contributed by atoms with Crippen molar-refractivity contribution in [2.75, 3.05) is 40.3 Å². The first-order valence-corrected chi connectivity index (χ1v) is 9.13. The molecule has 0 bridgehead atoms. The second kappa shape index (κ2) is 8.68. The Balaban J connectivity index is 1.85. The lowest BCUT2D eigenvalue weighted by atomic mass is 9.96. The molecule has 0 radical (unpaired) electrons. The molecule has 0 aliphatic carbocycles. The Bertz CT molecular complexity index is 568. The number of rotatable bonds is 7. The molecule has 5 nitrogen and oxygen atoms in total. The number of benzene rings is 1. The third kappa shape index (κ3) is 5.72. The third-order valence-electron chi connectivity index (χ3n) is 4.90. The number of hydrogen-bond donors (Lipinski definition) is 1. The molecule has 1 aliphatic rings. The van der Waals surface area contributed by atoms with Crippen molar-refractivity contribution in [1.29, 1.82) is 0 Å². The van der Waals surface area contributed by atoms with E-state index in [-0.39, 0.29) is 5.91 Å². The first-order valence-electron chi connectivity index (χ1n) is 9.13. The van der Waals surface area contributed by atoms with Gasteiger partial charge in [-0.25, -0.2) is 0 Å². The summed E-state index contributed by atoms with van der Waals surface area (Å²) in [5.74, 6) is 1.20. The molecule has 5 heteroatoms.